The standard InChI is InChI=1S/C11H15N3O3/c15-10(2-1-3-11(16)17)14-5-4-9-8-12-6-7-13-9/h6-8H,1-5H2,(H,14,15)(H,16,17). The Morgan fingerprint density at radius 2 is 2.12 bits per heavy atom. The maximum atomic E-state index is 11.3. The Bertz CT molecular complexity index is 367. The number of nitrogens with zero attached hydrogens (tertiary/aromatic N) is 2. The first-order valence-electron chi connectivity index (χ1n) is 5.42. The van der Waals surface area contributed by atoms with Crippen LogP contribution in [-0.2, 0) is 16.0 Å². The van der Waals surface area contributed by atoms with Gasteiger partial charge in [-0.05, 0) is 6.42 Å². The van der Waals surface area contributed by atoms with Gasteiger partial charge in [0.15, 0.2) is 0 Å². The lowest BCUT2D eigenvalue weighted by molar-refractivity contribution is -0.137. The number of nitrogens with one attached hydrogen (secondary N) is 1. The highest BCUT2D eigenvalue weighted by molar-refractivity contribution is 5.76. The molecule has 1 rings (SSSR count). The predicted octanol–water partition coefficient (Wildman–Crippen LogP) is 0.390. The molecule has 0 fully saturated rings. The van der Waals surface area contributed by atoms with Crippen molar-refractivity contribution in [1.29, 1.82) is 0 Å². The van der Waals surface area contributed by atoms with E-state index < -0.39 is 5.97 Å². The molecule has 0 aliphatic rings. The number of aromatic nitrogens is 2. The van der Waals surface area contributed by atoms with E-state index in [9.17, 15) is 9.59 Å². The molecule has 6 nitrogen and oxygen atoms in total. The fourth-order valence-corrected chi connectivity index (χ4v) is 1.28. The molecule has 0 unspecified atom stereocenters. The molecular weight excluding hydrogens is 222 g/mol. The van der Waals surface area contributed by atoms with Crippen LogP contribution >= 0.6 is 0 Å². The van der Waals surface area contributed by atoms with Crippen LogP contribution in [-0.4, -0.2) is 33.5 Å². The van der Waals surface area contributed by atoms with Crippen molar-refractivity contribution in [3.8, 4) is 0 Å². The van der Waals surface area contributed by atoms with Gasteiger partial charge in [-0.2, -0.15) is 0 Å². The molecule has 1 heterocycles. The zero-order chi connectivity index (χ0) is 12.5. The smallest absolute Gasteiger partial charge is 0.303 e. The molecule has 92 valence electrons. The van der Waals surface area contributed by atoms with Gasteiger partial charge in [-0.1, -0.05) is 0 Å². The molecule has 17 heavy (non-hydrogen) atoms. The average Bonchev–Trinajstić information content (AvgIpc) is 2.30. The molecule has 0 bridgehead atoms. The maximum Gasteiger partial charge on any atom is 0.303 e. The van der Waals surface area contributed by atoms with Crippen molar-refractivity contribution in [3.63, 3.8) is 0 Å². The second kappa shape index (κ2) is 7.32. The molecule has 0 aromatic carbocycles. The van der Waals surface area contributed by atoms with Gasteiger partial charge in [-0.15, -0.1) is 0 Å². The molecule has 0 radical (unpaired) electrons. The molecule has 1 aromatic rings. The van der Waals surface area contributed by atoms with Crippen molar-refractivity contribution in [1.82, 2.24) is 15.3 Å². The monoisotopic (exact) mass is 237 g/mol. The van der Waals surface area contributed by atoms with E-state index in [4.69, 9.17) is 5.11 Å². The quantitative estimate of drug-likeness (QED) is 0.715. The maximum absolute atomic E-state index is 11.3. The number of hydrogen-bond donors (Lipinski definition) is 2. The largest absolute Gasteiger partial charge is 0.481 e. The van der Waals surface area contributed by atoms with E-state index in [1.165, 1.54) is 0 Å². The van der Waals surface area contributed by atoms with Crippen LogP contribution in [0.15, 0.2) is 18.6 Å². The van der Waals surface area contributed by atoms with Crippen molar-refractivity contribution >= 4 is 11.9 Å². The average molecular weight is 237 g/mol. The van der Waals surface area contributed by atoms with E-state index in [0.29, 0.717) is 19.4 Å². The zero-order valence-corrected chi connectivity index (χ0v) is 9.43. The van der Waals surface area contributed by atoms with Crippen molar-refractivity contribution < 1.29 is 14.7 Å². The molecule has 0 aliphatic heterocycles. The number of aliphatic carboxylic acids is 1. The molecule has 0 aliphatic carbocycles. The number of carboxylic acids is 1. The van der Waals surface area contributed by atoms with Crippen LogP contribution in [0.25, 0.3) is 0 Å². The molecule has 1 aromatic heterocycles. The molecule has 0 spiro atoms. The summed E-state index contributed by atoms with van der Waals surface area (Å²) < 4.78 is 0. The minimum absolute atomic E-state index is 0.0254. The number of rotatable bonds is 7. The lowest BCUT2D eigenvalue weighted by Gasteiger charge is -2.03. The van der Waals surface area contributed by atoms with E-state index in [1.54, 1.807) is 18.6 Å². The lowest BCUT2D eigenvalue weighted by Crippen LogP contribution is -2.25. The Balaban J connectivity index is 2.10. The van der Waals surface area contributed by atoms with Crippen LogP contribution in [0.1, 0.15) is 25.0 Å². The number of carbonyl (C=O) groups excluding carboxylic acids is 1. The molecule has 2 N–H and O–H groups in total. The summed E-state index contributed by atoms with van der Waals surface area (Å²) in [5, 5.41) is 11.1. The number of carbonyl (C=O) groups is 2. The van der Waals surface area contributed by atoms with Crippen molar-refractivity contribution in [3.05, 3.63) is 24.3 Å². The van der Waals surface area contributed by atoms with Crippen LogP contribution in [0.3, 0.4) is 0 Å². The number of amides is 1. The summed E-state index contributed by atoms with van der Waals surface area (Å²) in [5.41, 5.74) is 0.818. The van der Waals surface area contributed by atoms with Gasteiger partial charge in [0.05, 0.1) is 5.69 Å². The van der Waals surface area contributed by atoms with E-state index in [2.05, 4.69) is 15.3 Å². The topological polar surface area (TPSA) is 92.2 Å². The summed E-state index contributed by atoms with van der Waals surface area (Å²) in [7, 11) is 0. The first kappa shape index (κ1) is 13.1. The van der Waals surface area contributed by atoms with Gasteiger partial charge in [0.1, 0.15) is 0 Å². The SMILES string of the molecule is O=C(O)CCCC(=O)NCCc1cnccn1. The highest BCUT2D eigenvalue weighted by Crippen LogP contribution is 1.95. The van der Waals surface area contributed by atoms with Crippen LogP contribution < -0.4 is 5.32 Å². The van der Waals surface area contributed by atoms with Crippen molar-refractivity contribution in [2.24, 2.45) is 0 Å². The number of carboxylic acid groups (broad SMARTS) is 1. The number of hydrogen-bond acceptors (Lipinski definition) is 4. The third-order valence-corrected chi connectivity index (χ3v) is 2.11. The second-order valence-electron chi connectivity index (χ2n) is 3.54. The fourth-order valence-electron chi connectivity index (χ4n) is 1.28. The van der Waals surface area contributed by atoms with Crippen LogP contribution in [0.4, 0.5) is 0 Å². The molecule has 0 saturated carbocycles. The Morgan fingerprint density at radius 3 is 2.76 bits per heavy atom. The summed E-state index contributed by atoms with van der Waals surface area (Å²) in [6, 6.07) is 0. The summed E-state index contributed by atoms with van der Waals surface area (Å²) in [4.78, 5) is 29.5. The molecular formula is C11H15N3O3. The van der Waals surface area contributed by atoms with E-state index in [1.807, 2.05) is 0 Å². The first-order chi connectivity index (χ1) is 8.18. The first-order valence-corrected chi connectivity index (χ1v) is 5.42. The van der Waals surface area contributed by atoms with Crippen molar-refractivity contribution in [2.75, 3.05) is 6.54 Å². The summed E-state index contributed by atoms with van der Waals surface area (Å²) in [6.45, 7) is 0.491. The van der Waals surface area contributed by atoms with Gasteiger partial charge in [-0.25, -0.2) is 0 Å². The van der Waals surface area contributed by atoms with Gasteiger partial charge < -0.3 is 10.4 Å². The zero-order valence-electron chi connectivity index (χ0n) is 9.43. The van der Waals surface area contributed by atoms with E-state index >= 15 is 0 Å². The summed E-state index contributed by atoms with van der Waals surface area (Å²) in [5.74, 6) is -1.01. The second-order valence-corrected chi connectivity index (χ2v) is 3.54. The third-order valence-electron chi connectivity index (χ3n) is 2.11. The molecule has 0 atom stereocenters. The summed E-state index contributed by atoms with van der Waals surface area (Å²) >= 11 is 0. The highest BCUT2D eigenvalue weighted by atomic mass is 16.4. The van der Waals surface area contributed by atoms with Crippen LogP contribution in [0.5, 0.6) is 0 Å². The Labute approximate surface area is 99.1 Å². The van der Waals surface area contributed by atoms with E-state index in [0.717, 1.165) is 5.69 Å². The Kier molecular flexibility index (Phi) is 5.63. The summed E-state index contributed by atoms with van der Waals surface area (Å²) in [6.07, 6.45) is 6.10. The van der Waals surface area contributed by atoms with E-state index in [-0.39, 0.29) is 18.7 Å². The molecule has 1 amide bonds. The normalized spacial score (nSPS) is 9.88. The van der Waals surface area contributed by atoms with Gasteiger partial charge in [0.2, 0.25) is 5.91 Å². The van der Waals surface area contributed by atoms with Gasteiger partial charge >= 0.3 is 5.97 Å². The highest BCUT2D eigenvalue weighted by Gasteiger charge is 2.03. The van der Waals surface area contributed by atoms with Gasteiger partial charge in [-0.3, -0.25) is 19.6 Å². The minimum atomic E-state index is -0.877. The fraction of sp³-hybridized carbons (Fsp3) is 0.455. The predicted molar refractivity (Wildman–Crippen MR) is 60.2 cm³/mol. The van der Waals surface area contributed by atoms with Crippen LogP contribution in [0, 0.1) is 0 Å². The van der Waals surface area contributed by atoms with Crippen LogP contribution in [0.2, 0.25) is 0 Å². The minimum Gasteiger partial charge on any atom is -0.481 e. The van der Waals surface area contributed by atoms with Gasteiger partial charge in [0.25, 0.3) is 0 Å². The molecule has 6 heteroatoms. The van der Waals surface area contributed by atoms with Crippen molar-refractivity contribution in [2.45, 2.75) is 25.7 Å². The molecule has 0 saturated heterocycles. The Hall–Kier alpha value is -1.98. The lowest BCUT2D eigenvalue weighted by atomic mass is 10.2. The Morgan fingerprint density at radius 1 is 1.29 bits per heavy atom. The third kappa shape index (κ3) is 6.24. The van der Waals surface area contributed by atoms with Gasteiger partial charge in [0, 0.05) is 44.4 Å².